The van der Waals surface area contributed by atoms with Crippen LogP contribution in [0.25, 0.3) is 0 Å². The Morgan fingerprint density at radius 1 is 0.622 bits per heavy atom. The predicted octanol–water partition coefficient (Wildman–Crippen LogP) is 2.98. The lowest BCUT2D eigenvalue weighted by molar-refractivity contribution is -0.426. The SMILES string of the molecule is CCOCC(OOC(=O)c1cc(OC)c(OC)c(OC)c1)OOC(=O)c1cc(OC)c(OC)c(OC)c1. The largest absolute Gasteiger partial charge is 0.493 e. The first-order valence-corrected chi connectivity index (χ1v) is 10.8. The van der Waals surface area contributed by atoms with Gasteiger partial charge in [-0.3, -0.25) is 9.78 Å². The zero-order valence-corrected chi connectivity index (χ0v) is 21.6. The third-order valence-corrected chi connectivity index (χ3v) is 4.72. The Balaban J connectivity index is 2.11. The van der Waals surface area contributed by atoms with Gasteiger partial charge >= 0.3 is 11.9 Å². The molecule has 0 spiro atoms. The summed E-state index contributed by atoms with van der Waals surface area (Å²) in [6.45, 7) is 1.77. The lowest BCUT2D eigenvalue weighted by atomic mass is 10.2. The molecular weight excluding hydrogens is 496 g/mol. The van der Waals surface area contributed by atoms with Crippen molar-refractivity contribution in [3.63, 3.8) is 0 Å². The van der Waals surface area contributed by atoms with Crippen molar-refractivity contribution in [2.75, 3.05) is 55.9 Å². The number of hydrogen-bond acceptors (Lipinski definition) is 13. The Morgan fingerprint density at radius 2 is 0.973 bits per heavy atom. The highest BCUT2D eigenvalue weighted by molar-refractivity contribution is 5.91. The molecule has 13 heteroatoms. The second kappa shape index (κ2) is 14.6. The lowest BCUT2D eigenvalue weighted by Crippen LogP contribution is -2.27. The summed E-state index contributed by atoms with van der Waals surface area (Å²) in [5.41, 5.74) is 0.0538. The fourth-order valence-electron chi connectivity index (χ4n) is 2.97. The maximum Gasteiger partial charge on any atom is 0.373 e. The molecule has 0 saturated carbocycles. The molecular formula is C24H30O13. The van der Waals surface area contributed by atoms with Gasteiger partial charge in [-0.15, -0.1) is 9.78 Å². The molecule has 0 aliphatic heterocycles. The summed E-state index contributed by atoms with van der Waals surface area (Å²) in [4.78, 5) is 44.9. The molecule has 2 rings (SSSR count). The van der Waals surface area contributed by atoms with Gasteiger partial charge in [0.1, 0.15) is 6.61 Å². The first-order chi connectivity index (χ1) is 17.9. The van der Waals surface area contributed by atoms with E-state index < -0.39 is 18.2 Å². The van der Waals surface area contributed by atoms with E-state index in [0.717, 1.165) is 0 Å². The van der Waals surface area contributed by atoms with Crippen molar-refractivity contribution in [1.29, 1.82) is 0 Å². The fourth-order valence-corrected chi connectivity index (χ4v) is 2.97. The molecule has 0 aliphatic carbocycles. The molecule has 0 radical (unpaired) electrons. The number of ether oxygens (including phenoxy) is 7. The smallest absolute Gasteiger partial charge is 0.373 e. The van der Waals surface area contributed by atoms with Crippen LogP contribution in [-0.2, 0) is 24.3 Å². The van der Waals surface area contributed by atoms with E-state index in [1.807, 2.05) is 0 Å². The van der Waals surface area contributed by atoms with Gasteiger partial charge in [0.25, 0.3) is 6.29 Å². The molecule has 0 fully saturated rings. The molecule has 37 heavy (non-hydrogen) atoms. The second-order valence-corrected chi connectivity index (χ2v) is 6.85. The van der Waals surface area contributed by atoms with E-state index >= 15 is 0 Å². The van der Waals surface area contributed by atoms with Gasteiger partial charge in [0.05, 0.1) is 53.8 Å². The van der Waals surface area contributed by atoms with Crippen molar-refractivity contribution >= 4 is 11.9 Å². The van der Waals surface area contributed by atoms with Crippen LogP contribution in [0, 0.1) is 0 Å². The summed E-state index contributed by atoms with van der Waals surface area (Å²) >= 11 is 0. The van der Waals surface area contributed by atoms with Crippen LogP contribution in [0.15, 0.2) is 24.3 Å². The van der Waals surface area contributed by atoms with E-state index in [-0.39, 0.29) is 47.3 Å². The molecule has 2 aromatic rings. The minimum absolute atomic E-state index is 0.0269. The van der Waals surface area contributed by atoms with Crippen LogP contribution in [-0.4, -0.2) is 74.1 Å². The van der Waals surface area contributed by atoms with Crippen LogP contribution < -0.4 is 28.4 Å². The van der Waals surface area contributed by atoms with Crippen molar-refractivity contribution in [2.45, 2.75) is 13.2 Å². The van der Waals surface area contributed by atoms with Crippen molar-refractivity contribution in [3.8, 4) is 34.5 Å². The predicted molar refractivity (Wildman–Crippen MR) is 125 cm³/mol. The molecule has 0 bridgehead atoms. The van der Waals surface area contributed by atoms with E-state index in [1.54, 1.807) is 6.92 Å². The summed E-state index contributed by atoms with van der Waals surface area (Å²) in [7, 11) is 8.45. The van der Waals surface area contributed by atoms with Crippen molar-refractivity contribution in [1.82, 2.24) is 0 Å². The maximum absolute atomic E-state index is 12.6. The topological polar surface area (TPSA) is 136 Å². The van der Waals surface area contributed by atoms with E-state index in [0.29, 0.717) is 11.5 Å². The van der Waals surface area contributed by atoms with Gasteiger partial charge in [-0.2, -0.15) is 0 Å². The first-order valence-electron chi connectivity index (χ1n) is 10.8. The molecule has 0 amide bonds. The average molecular weight is 526 g/mol. The monoisotopic (exact) mass is 526 g/mol. The highest BCUT2D eigenvalue weighted by Gasteiger charge is 2.24. The van der Waals surface area contributed by atoms with E-state index in [1.165, 1.54) is 66.9 Å². The fraction of sp³-hybridized carbons (Fsp3) is 0.417. The van der Waals surface area contributed by atoms with Crippen molar-refractivity contribution in [3.05, 3.63) is 35.4 Å². The first kappa shape index (κ1) is 29.3. The van der Waals surface area contributed by atoms with E-state index in [2.05, 4.69) is 0 Å². The van der Waals surface area contributed by atoms with Gasteiger partial charge in [-0.1, -0.05) is 0 Å². The van der Waals surface area contributed by atoms with Gasteiger partial charge in [0, 0.05) is 6.61 Å². The Hall–Kier alpha value is -3.94. The third kappa shape index (κ3) is 7.52. The van der Waals surface area contributed by atoms with Gasteiger partial charge in [-0.25, -0.2) is 9.59 Å². The van der Waals surface area contributed by atoms with Crippen LogP contribution in [0.1, 0.15) is 27.6 Å². The second-order valence-electron chi connectivity index (χ2n) is 6.85. The number of benzene rings is 2. The summed E-state index contributed by atoms with van der Waals surface area (Å²) < 4.78 is 36.6. The average Bonchev–Trinajstić information content (AvgIpc) is 2.94. The quantitative estimate of drug-likeness (QED) is 0.191. The highest BCUT2D eigenvalue weighted by atomic mass is 17.3. The van der Waals surface area contributed by atoms with E-state index in [9.17, 15) is 9.59 Å². The molecule has 204 valence electrons. The molecule has 13 nitrogen and oxygen atoms in total. The summed E-state index contributed by atoms with van der Waals surface area (Å²) in [6, 6.07) is 5.48. The third-order valence-electron chi connectivity index (χ3n) is 4.72. The molecule has 2 aromatic carbocycles. The van der Waals surface area contributed by atoms with Crippen LogP contribution in [0.4, 0.5) is 0 Å². The maximum atomic E-state index is 12.6. The molecule has 0 saturated heterocycles. The number of methoxy groups -OCH3 is 6. The summed E-state index contributed by atoms with van der Waals surface area (Å²) in [5, 5.41) is 0. The van der Waals surface area contributed by atoms with Crippen LogP contribution in [0.5, 0.6) is 34.5 Å². The van der Waals surface area contributed by atoms with Crippen LogP contribution in [0.2, 0.25) is 0 Å². The lowest BCUT2D eigenvalue weighted by Gasteiger charge is -2.17. The Morgan fingerprint density at radius 3 is 1.24 bits per heavy atom. The normalized spacial score (nSPS) is 10.5. The van der Waals surface area contributed by atoms with E-state index in [4.69, 9.17) is 52.7 Å². The molecule has 0 aromatic heterocycles. The zero-order chi connectivity index (χ0) is 27.4. The van der Waals surface area contributed by atoms with Crippen LogP contribution in [0.3, 0.4) is 0 Å². The highest BCUT2D eigenvalue weighted by Crippen LogP contribution is 2.39. The zero-order valence-electron chi connectivity index (χ0n) is 21.6. The number of rotatable bonds is 15. The minimum atomic E-state index is -1.42. The standard InChI is InChI=1S/C24H30O13/c1-8-33-13-20(34-36-23(25)14-9-16(27-2)21(31-6)17(10-14)28-3)35-37-24(26)15-11-18(29-4)22(32-7)19(12-15)30-5/h9-12,20H,8,13H2,1-7H3. The molecule has 0 aliphatic rings. The minimum Gasteiger partial charge on any atom is -0.493 e. The Kier molecular flexibility index (Phi) is 11.5. The summed E-state index contributed by atoms with van der Waals surface area (Å²) in [5.74, 6) is -0.325. The number of hydrogen-bond donors (Lipinski definition) is 0. The molecule has 0 unspecified atom stereocenters. The number of carbonyl (C=O) groups excluding carboxylic acids is 2. The Bertz CT molecular complexity index is 923. The number of carbonyl (C=O) groups is 2. The molecule has 0 atom stereocenters. The van der Waals surface area contributed by atoms with Crippen molar-refractivity contribution in [2.24, 2.45) is 0 Å². The molecule has 0 N–H and O–H groups in total. The van der Waals surface area contributed by atoms with Crippen molar-refractivity contribution < 1.29 is 62.3 Å². The summed E-state index contributed by atoms with van der Waals surface area (Å²) in [6.07, 6.45) is -1.42. The van der Waals surface area contributed by atoms with Gasteiger partial charge < -0.3 is 33.2 Å². The van der Waals surface area contributed by atoms with Crippen LogP contribution >= 0.6 is 0 Å². The van der Waals surface area contributed by atoms with Gasteiger partial charge in [-0.05, 0) is 31.2 Å². The molecule has 0 heterocycles. The van der Waals surface area contributed by atoms with Gasteiger partial charge in [0.2, 0.25) is 11.5 Å². The Labute approximate surface area is 213 Å². The van der Waals surface area contributed by atoms with Gasteiger partial charge in [0.15, 0.2) is 23.0 Å².